The predicted octanol–water partition coefficient (Wildman–Crippen LogP) is 3.17. The monoisotopic (exact) mass is 380 g/mol. The lowest BCUT2D eigenvalue weighted by atomic mass is 10.2. The number of carbonyl (C=O) groups excluding carboxylic acids is 2. The molecule has 1 atom stereocenters. The number of aromatic nitrogens is 1. The molecule has 27 heavy (non-hydrogen) atoms. The van der Waals surface area contributed by atoms with Gasteiger partial charge in [0.05, 0.1) is 22.8 Å². The Labute approximate surface area is 161 Å². The van der Waals surface area contributed by atoms with E-state index in [2.05, 4.69) is 16.3 Å². The zero-order valence-corrected chi connectivity index (χ0v) is 15.5. The van der Waals surface area contributed by atoms with E-state index in [0.29, 0.717) is 17.8 Å². The fraction of sp³-hybridized carbons (Fsp3) is 0.250. The summed E-state index contributed by atoms with van der Waals surface area (Å²) in [6, 6.07) is 14.9. The first-order chi connectivity index (χ1) is 13.1. The van der Waals surface area contributed by atoms with Gasteiger partial charge in [-0.05, 0) is 55.8 Å². The van der Waals surface area contributed by atoms with E-state index < -0.39 is 5.91 Å². The fourth-order valence-corrected chi connectivity index (χ4v) is 4.57. The van der Waals surface area contributed by atoms with Crippen LogP contribution in [0.25, 0.3) is 10.2 Å². The zero-order valence-electron chi connectivity index (χ0n) is 14.7. The number of fused-ring (bicyclic) bond motifs is 1. The molecule has 1 aliphatic rings. The molecule has 0 unspecified atom stereocenters. The first kappa shape index (κ1) is 17.6. The van der Waals surface area contributed by atoms with Gasteiger partial charge in [-0.25, -0.2) is 4.98 Å². The summed E-state index contributed by atoms with van der Waals surface area (Å²) in [6.45, 7) is 1.20. The summed E-state index contributed by atoms with van der Waals surface area (Å²) in [6.07, 6.45) is 2.07. The maximum Gasteiger partial charge on any atom is 0.248 e. The first-order valence-electron chi connectivity index (χ1n) is 8.89. The van der Waals surface area contributed by atoms with Gasteiger partial charge >= 0.3 is 0 Å². The van der Waals surface area contributed by atoms with Gasteiger partial charge in [0.2, 0.25) is 11.8 Å². The number of para-hydroxylation sites is 1. The summed E-state index contributed by atoms with van der Waals surface area (Å²) >= 11 is 1.71. The third kappa shape index (κ3) is 3.84. The first-order valence-corrected chi connectivity index (χ1v) is 9.71. The Bertz CT molecular complexity index is 950. The number of nitrogens with zero attached hydrogens (tertiary/aromatic N) is 2. The molecular weight excluding hydrogens is 360 g/mol. The summed E-state index contributed by atoms with van der Waals surface area (Å²) in [4.78, 5) is 30.5. The van der Waals surface area contributed by atoms with Crippen molar-refractivity contribution in [3.05, 3.63) is 59.1 Å². The van der Waals surface area contributed by atoms with Crippen LogP contribution in [-0.4, -0.2) is 34.8 Å². The highest BCUT2D eigenvalue weighted by atomic mass is 32.1. The molecule has 4 rings (SSSR count). The van der Waals surface area contributed by atoms with Gasteiger partial charge in [-0.15, -0.1) is 11.3 Å². The summed E-state index contributed by atoms with van der Waals surface area (Å²) in [7, 11) is 0. The molecule has 1 aromatic heterocycles. The van der Waals surface area contributed by atoms with Crippen LogP contribution in [0.5, 0.6) is 0 Å². The number of benzene rings is 2. The Morgan fingerprint density at radius 3 is 2.70 bits per heavy atom. The van der Waals surface area contributed by atoms with Crippen molar-refractivity contribution in [2.24, 2.45) is 5.73 Å². The lowest BCUT2D eigenvalue weighted by molar-refractivity contribution is -0.117. The highest BCUT2D eigenvalue weighted by molar-refractivity contribution is 7.18. The van der Waals surface area contributed by atoms with E-state index in [9.17, 15) is 9.59 Å². The van der Waals surface area contributed by atoms with E-state index >= 15 is 0 Å². The van der Waals surface area contributed by atoms with Gasteiger partial charge in [0.25, 0.3) is 0 Å². The Balaban J connectivity index is 1.43. The van der Waals surface area contributed by atoms with Crippen LogP contribution in [0.4, 0.5) is 5.69 Å². The lowest BCUT2D eigenvalue weighted by Crippen LogP contribution is -2.32. The van der Waals surface area contributed by atoms with Crippen molar-refractivity contribution < 1.29 is 9.59 Å². The number of nitrogens with two attached hydrogens (primary N) is 1. The summed E-state index contributed by atoms with van der Waals surface area (Å²) in [5, 5.41) is 3.96. The molecule has 0 bridgehead atoms. The molecule has 7 heteroatoms. The van der Waals surface area contributed by atoms with Gasteiger partial charge in [-0.3, -0.25) is 14.5 Å². The van der Waals surface area contributed by atoms with Crippen molar-refractivity contribution in [2.75, 3.05) is 18.4 Å². The maximum absolute atomic E-state index is 12.5. The van der Waals surface area contributed by atoms with Crippen LogP contribution in [0.1, 0.15) is 34.2 Å². The number of anilines is 1. The Morgan fingerprint density at radius 2 is 1.96 bits per heavy atom. The van der Waals surface area contributed by atoms with Crippen molar-refractivity contribution in [2.45, 2.75) is 18.9 Å². The molecule has 0 saturated carbocycles. The second-order valence-electron chi connectivity index (χ2n) is 6.64. The molecule has 3 aromatic rings. The van der Waals surface area contributed by atoms with E-state index in [0.717, 1.165) is 29.9 Å². The molecule has 2 heterocycles. The van der Waals surface area contributed by atoms with E-state index in [1.54, 1.807) is 35.6 Å². The number of nitrogens with one attached hydrogen (secondary N) is 1. The maximum atomic E-state index is 12.5. The lowest BCUT2D eigenvalue weighted by Gasteiger charge is -2.22. The van der Waals surface area contributed by atoms with Crippen molar-refractivity contribution >= 4 is 39.1 Å². The number of likely N-dealkylation sites (tertiary alicyclic amines) is 1. The van der Waals surface area contributed by atoms with Gasteiger partial charge in [-0.2, -0.15) is 0 Å². The number of amides is 2. The number of hydrogen-bond acceptors (Lipinski definition) is 5. The summed E-state index contributed by atoms with van der Waals surface area (Å²) in [5.74, 6) is -0.557. The summed E-state index contributed by atoms with van der Waals surface area (Å²) in [5.41, 5.74) is 7.32. The van der Waals surface area contributed by atoms with Gasteiger partial charge in [-0.1, -0.05) is 12.1 Å². The molecule has 3 N–H and O–H groups in total. The van der Waals surface area contributed by atoms with Crippen molar-refractivity contribution in [3.8, 4) is 0 Å². The van der Waals surface area contributed by atoms with Crippen LogP contribution in [0.3, 0.4) is 0 Å². The van der Waals surface area contributed by atoms with Gasteiger partial charge in [0, 0.05) is 11.3 Å². The van der Waals surface area contributed by atoms with Crippen LogP contribution in [-0.2, 0) is 4.79 Å². The Morgan fingerprint density at radius 1 is 1.19 bits per heavy atom. The van der Waals surface area contributed by atoms with Crippen LogP contribution in [0, 0.1) is 0 Å². The molecule has 0 spiro atoms. The van der Waals surface area contributed by atoms with Crippen LogP contribution in [0.2, 0.25) is 0 Å². The number of primary amides is 1. The van der Waals surface area contributed by atoms with Crippen molar-refractivity contribution in [1.82, 2.24) is 9.88 Å². The van der Waals surface area contributed by atoms with Gasteiger partial charge < -0.3 is 11.1 Å². The quantitative estimate of drug-likeness (QED) is 0.712. The second-order valence-corrected chi connectivity index (χ2v) is 7.70. The average molecular weight is 380 g/mol. The van der Waals surface area contributed by atoms with Gasteiger partial charge in [0.15, 0.2) is 0 Å². The van der Waals surface area contributed by atoms with E-state index in [-0.39, 0.29) is 11.9 Å². The number of carbonyl (C=O) groups is 2. The van der Waals surface area contributed by atoms with E-state index in [1.807, 2.05) is 18.2 Å². The highest BCUT2D eigenvalue weighted by Crippen LogP contribution is 2.36. The van der Waals surface area contributed by atoms with Gasteiger partial charge in [0.1, 0.15) is 5.01 Å². The molecule has 138 valence electrons. The standard InChI is InChI=1S/C20H20N4O2S/c21-19(26)13-7-9-14(10-8-13)22-18(25)12-24-11-3-5-16(24)20-23-15-4-1-2-6-17(15)27-20/h1-2,4,6-10,16H,3,5,11-12H2,(H2,21,26)(H,22,25)/t16-/m0/s1. The van der Waals surface area contributed by atoms with E-state index in [4.69, 9.17) is 10.7 Å². The molecule has 1 saturated heterocycles. The molecule has 2 amide bonds. The fourth-order valence-electron chi connectivity index (χ4n) is 3.43. The van der Waals surface area contributed by atoms with Crippen molar-refractivity contribution in [3.63, 3.8) is 0 Å². The van der Waals surface area contributed by atoms with Crippen LogP contribution < -0.4 is 11.1 Å². The molecule has 6 nitrogen and oxygen atoms in total. The zero-order chi connectivity index (χ0) is 18.8. The third-order valence-electron chi connectivity index (χ3n) is 4.76. The summed E-state index contributed by atoms with van der Waals surface area (Å²) < 4.78 is 1.18. The smallest absolute Gasteiger partial charge is 0.248 e. The topological polar surface area (TPSA) is 88.3 Å². The Hall–Kier alpha value is -2.77. The molecular formula is C20H20N4O2S. The molecule has 1 aliphatic heterocycles. The molecule has 1 fully saturated rings. The second kappa shape index (κ2) is 7.46. The minimum absolute atomic E-state index is 0.0742. The van der Waals surface area contributed by atoms with Crippen molar-refractivity contribution in [1.29, 1.82) is 0 Å². The third-order valence-corrected chi connectivity index (χ3v) is 5.90. The minimum atomic E-state index is -0.483. The Kier molecular flexibility index (Phi) is 4.87. The highest BCUT2D eigenvalue weighted by Gasteiger charge is 2.30. The molecule has 0 aliphatic carbocycles. The SMILES string of the molecule is NC(=O)c1ccc(NC(=O)CN2CCC[C@H]2c2nc3ccccc3s2)cc1. The number of hydrogen-bond donors (Lipinski definition) is 2. The van der Waals surface area contributed by atoms with Crippen LogP contribution in [0.15, 0.2) is 48.5 Å². The molecule has 0 radical (unpaired) electrons. The predicted molar refractivity (Wildman–Crippen MR) is 107 cm³/mol. The molecule has 2 aromatic carbocycles. The number of thiazole rings is 1. The van der Waals surface area contributed by atoms with E-state index in [1.165, 1.54) is 4.70 Å². The minimum Gasteiger partial charge on any atom is -0.366 e. The van der Waals surface area contributed by atoms with Crippen LogP contribution >= 0.6 is 11.3 Å². The largest absolute Gasteiger partial charge is 0.366 e. The average Bonchev–Trinajstić information content (AvgIpc) is 3.28. The normalized spacial score (nSPS) is 17.3. The number of rotatable bonds is 5.